The number of hydrogen-bond acceptors (Lipinski definition) is 2. The molecule has 0 fully saturated rings. The highest BCUT2D eigenvalue weighted by molar-refractivity contribution is 9.10. The minimum absolute atomic E-state index is 0.345. The van der Waals surface area contributed by atoms with Gasteiger partial charge in [-0.25, -0.2) is 17.2 Å². The van der Waals surface area contributed by atoms with E-state index in [0.717, 1.165) is 16.6 Å². The highest BCUT2D eigenvalue weighted by Gasteiger charge is 2.17. The van der Waals surface area contributed by atoms with Crippen LogP contribution in [0.2, 0.25) is 0 Å². The fourth-order valence-electron chi connectivity index (χ4n) is 1.63. The third-order valence-electron chi connectivity index (χ3n) is 2.58. The van der Waals surface area contributed by atoms with Gasteiger partial charge in [-0.3, -0.25) is 4.72 Å². The van der Waals surface area contributed by atoms with Gasteiger partial charge in [0.2, 0.25) is 0 Å². The Labute approximate surface area is 123 Å². The lowest BCUT2D eigenvalue weighted by atomic mass is 10.2. The van der Waals surface area contributed by atoms with Crippen molar-refractivity contribution in [3.8, 4) is 0 Å². The molecule has 0 heterocycles. The van der Waals surface area contributed by atoms with Crippen LogP contribution in [0.25, 0.3) is 0 Å². The number of benzene rings is 2. The second-order valence-electron chi connectivity index (χ2n) is 4.17. The van der Waals surface area contributed by atoms with Gasteiger partial charge >= 0.3 is 0 Å². The Hall–Kier alpha value is -1.47. The summed E-state index contributed by atoms with van der Waals surface area (Å²) in [4.78, 5) is -0.461. The topological polar surface area (TPSA) is 46.2 Å². The number of aryl methyl sites for hydroxylation is 1. The lowest BCUT2D eigenvalue weighted by Crippen LogP contribution is -2.14. The maximum Gasteiger partial charge on any atom is 0.262 e. The van der Waals surface area contributed by atoms with Crippen molar-refractivity contribution in [1.29, 1.82) is 0 Å². The van der Waals surface area contributed by atoms with E-state index in [4.69, 9.17) is 0 Å². The molecule has 0 atom stereocenters. The Bertz CT molecular complexity index is 743. The molecule has 0 unspecified atom stereocenters. The van der Waals surface area contributed by atoms with E-state index >= 15 is 0 Å². The van der Waals surface area contributed by atoms with Gasteiger partial charge in [-0.15, -0.1) is 0 Å². The molecule has 0 aliphatic rings. The normalized spacial score (nSPS) is 11.4. The molecule has 0 saturated heterocycles. The van der Waals surface area contributed by atoms with Crippen molar-refractivity contribution in [3.05, 3.63) is 58.1 Å². The van der Waals surface area contributed by atoms with Gasteiger partial charge in [-0.2, -0.15) is 0 Å². The molecule has 0 spiro atoms. The Morgan fingerprint density at radius 1 is 1.05 bits per heavy atom. The smallest absolute Gasteiger partial charge is 0.262 e. The maximum atomic E-state index is 13.1. The molecule has 0 aromatic heterocycles. The zero-order valence-corrected chi connectivity index (χ0v) is 12.7. The van der Waals surface area contributed by atoms with E-state index in [0.29, 0.717) is 17.3 Å². The zero-order valence-electron chi connectivity index (χ0n) is 10.3. The van der Waals surface area contributed by atoms with Crippen LogP contribution in [0.1, 0.15) is 5.56 Å². The maximum absolute atomic E-state index is 13.1. The predicted octanol–water partition coefficient (Wildman–Crippen LogP) is 3.84. The number of nitrogens with one attached hydrogen (secondary N) is 1. The Morgan fingerprint density at radius 2 is 1.65 bits per heavy atom. The van der Waals surface area contributed by atoms with E-state index in [2.05, 4.69) is 20.7 Å². The first-order valence-electron chi connectivity index (χ1n) is 5.53. The monoisotopic (exact) mass is 361 g/mol. The van der Waals surface area contributed by atoms with Gasteiger partial charge in [0.1, 0.15) is 11.6 Å². The van der Waals surface area contributed by atoms with E-state index in [1.165, 1.54) is 0 Å². The second-order valence-corrected chi connectivity index (χ2v) is 6.77. The van der Waals surface area contributed by atoms with Gasteiger partial charge in [-0.05, 0) is 42.8 Å². The van der Waals surface area contributed by atoms with Gasteiger partial charge in [0, 0.05) is 10.5 Å². The van der Waals surface area contributed by atoms with Crippen molar-refractivity contribution in [3.63, 3.8) is 0 Å². The van der Waals surface area contributed by atoms with Crippen LogP contribution in [0.3, 0.4) is 0 Å². The average Bonchev–Trinajstić information content (AvgIpc) is 2.31. The lowest BCUT2D eigenvalue weighted by molar-refractivity contribution is 0.568. The third kappa shape index (κ3) is 3.34. The summed E-state index contributed by atoms with van der Waals surface area (Å²) in [6.07, 6.45) is 0. The summed E-state index contributed by atoms with van der Waals surface area (Å²) in [5, 5.41) is 0. The molecule has 0 aliphatic heterocycles. The van der Waals surface area contributed by atoms with E-state index in [9.17, 15) is 17.2 Å². The molecule has 2 aromatic carbocycles. The number of anilines is 1. The summed E-state index contributed by atoms with van der Waals surface area (Å²) in [5.41, 5.74) is 1.03. The van der Waals surface area contributed by atoms with Crippen molar-refractivity contribution in [2.75, 3.05) is 4.72 Å². The summed E-state index contributed by atoms with van der Waals surface area (Å²) in [5.74, 6) is -1.89. The molecule has 0 amide bonds. The lowest BCUT2D eigenvalue weighted by Gasteiger charge is -2.11. The summed E-state index contributed by atoms with van der Waals surface area (Å²) in [6.45, 7) is 1.72. The highest BCUT2D eigenvalue weighted by atomic mass is 79.9. The molecular weight excluding hydrogens is 352 g/mol. The molecule has 0 bridgehead atoms. The van der Waals surface area contributed by atoms with Crippen LogP contribution >= 0.6 is 15.9 Å². The summed E-state index contributed by atoms with van der Waals surface area (Å²) >= 11 is 3.26. The molecule has 20 heavy (non-hydrogen) atoms. The van der Waals surface area contributed by atoms with Crippen LogP contribution in [-0.2, 0) is 10.0 Å². The minimum Gasteiger partial charge on any atom is -0.279 e. The predicted molar refractivity (Wildman–Crippen MR) is 76.0 cm³/mol. The number of rotatable bonds is 3. The largest absolute Gasteiger partial charge is 0.279 e. The Morgan fingerprint density at radius 3 is 2.20 bits per heavy atom. The van der Waals surface area contributed by atoms with E-state index in [1.54, 1.807) is 25.1 Å². The van der Waals surface area contributed by atoms with Gasteiger partial charge < -0.3 is 0 Å². The quantitative estimate of drug-likeness (QED) is 0.902. The number of hydrogen-bond donors (Lipinski definition) is 1. The third-order valence-corrected chi connectivity index (χ3v) is 4.42. The fraction of sp³-hybridized carbons (Fsp3) is 0.0769. The Balaban J connectivity index is 2.40. The van der Waals surface area contributed by atoms with Gasteiger partial charge in [0.05, 0.1) is 10.6 Å². The zero-order chi connectivity index (χ0) is 14.9. The van der Waals surface area contributed by atoms with Crippen molar-refractivity contribution < 1.29 is 17.2 Å². The van der Waals surface area contributed by atoms with Crippen LogP contribution in [-0.4, -0.2) is 8.42 Å². The summed E-state index contributed by atoms with van der Waals surface area (Å²) in [6, 6.07) is 7.09. The van der Waals surface area contributed by atoms with E-state index in [1.807, 2.05) is 0 Å². The molecule has 2 aromatic rings. The molecule has 3 nitrogen and oxygen atoms in total. The SMILES string of the molecule is Cc1cc(Br)ccc1NS(=O)(=O)c1cc(F)cc(F)c1. The van der Waals surface area contributed by atoms with Gasteiger partial charge in [0.15, 0.2) is 0 Å². The highest BCUT2D eigenvalue weighted by Crippen LogP contribution is 2.23. The van der Waals surface area contributed by atoms with Crippen LogP contribution in [0.5, 0.6) is 0 Å². The van der Waals surface area contributed by atoms with Crippen molar-refractivity contribution >= 4 is 31.6 Å². The second kappa shape index (κ2) is 5.49. The molecule has 0 aliphatic carbocycles. The van der Waals surface area contributed by atoms with Crippen LogP contribution in [0.4, 0.5) is 14.5 Å². The van der Waals surface area contributed by atoms with Crippen molar-refractivity contribution in [2.24, 2.45) is 0 Å². The van der Waals surface area contributed by atoms with E-state index in [-0.39, 0.29) is 0 Å². The average molecular weight is 362 g/mol. The first-order valence-corrected chi connectivity index (χ1v) is 7.80. The molecule has 0 radical (unpaired) electrons. The minimum atomic E-state index is -4.04. The molecule has 1 N–H and O–H groups in total. The van der Waals surface area contributed by atoms with Gasteiger partial charge in [0.25, 0.3) is 10.0 Å². The molecular formula is C13H10BrF2NO2S. The molecule has 2 rings (SSSR count). The Kier molecular flexibility index (Phi) is 4.10. The molecule has 7 heteroatoms. The first-order chi connectivity index (χ1) is 9.28. The van der Waals surface area contributed by atoms with Crippen molar-refractivity contribution in [1.82, 2.24) is 0 Å². The number of sulfonamides is 1. The molecule has 0 saturated carbocycles. The first kappa shape index (κ1) is 14.9. The van der Waals surface area contributed by atoms with Crippen LogP contribution in [0.15, 0.2) is 45.8 Å². The molecule has 106 valence electrons. The summed E-state index contributed by atoms with van der Waals surface area (Å²) in [7, 11) is -4.04. The summed E-state index contributed by atoms with van der Waals surface area (Å²) < 4.78 is 53.5. The van der Waals surface area contributed by atoms with Crippen LogP contribution < -0.4 is 4.72 Å². The standard InChI is InChI=1S/C13H10BrF2NO2S/c1-8-4-9(14)2-3-13(8)17-20(18,19)12-6-10(15)5-11(16)7-12/h2-7,17H,1H3. The van der Waals surface area contributed by atoms with Gasteiger partial charge in [-0.1, -0.05) is 15.9 Å². The van der Waals surface area contributed by atoms with E-state index < -0.39 is 26.6 Å². The van der Waals surface area contributed by atoms with Crippen molar-refractivity contribution in [2.45, 2.75) is 11.8 Å². The number of halogens is 3. The fourth-order valence-corrected chi connectivity index (χ4v) is 3.28. The van der Waals surface area contributed by atoms with Crippen LogP contribution in [0, 0.1) is 18.6 Å².